The number of nitrogens with zero attached hydrogens (tertiary/aromatic N) is 4. The van der Waals surface area contributed by atoms with Gasteiger partial charge in [0.15, 0.2) is 11.6 Å². The van der Waals surface area contributed by atoms with Crippen molar-refractivity contribution in [2.45, 2.75) is 6.54 Å². The number of rotatable bonds is 6. The van der Waals surface area contributed by atoms with Crippen LogP contribution in [0.3, 0.4) is 0 Å². The lowest BCUT2D eigenvalue weighted by Crippen LogP contribution is -2.30. The molecule has 0 atom stereocenters. The second-order valence-corrected chi connectivity index (χ2v) is 6.41. The lowest BCUT2D eigenvalue weighted by atomic mass is 10.2. The molecule has 0 aliphatic carbocycles. The number of carbonyl (C=O) groups excluding carboxylic acids is 1. The topological polar surface area (TPSA) is 63.1 Å². The fourth-order valence-electron chi connectivity index (χ4n) is 2.58. The van der Waals surface area contributed by atoms with Crippen LogP contribution < -0.4 is 5.32 Å². The summed E-state index contributed by atoms with van der Waals surface area (Å²) in [5, 5.41) is 7.30. The molecule has 1 aromatic heterocycles. The summed E-state index contributed by atoms with van der Waals surface area (Å²) >= 11 is 6.03. The number of benzene rings is 2. The lowest BCUT2D eigenvalue weighted by Gasteiger charge is -2.17. The van der Waals surface area contributed by atoms with Crippen molar-refractivity contribution >= 4 is 23.2 Å². The van der Waals surface area contributed by atoms with Crippen LogP contribution in [0.1, 0.15) is 5.56 Å². The van der Waals surface area contributed by atoms with Gasteiger partial charge >= 0.3 is 0 Å². The molecule has 27 heavy (non-hydrogen) atoms. The molecular formula is C18H16ClF2N5O. The van der Waals surface area contributed by atoms with E-state index in [0.29, 0.717) is 22.0 Å². The Bertz CT molecular complexity index is 949. The Balaban J connectivity index is 1.67. The maximum absolute atomic E-state index is 13.3. The average molecular weight is 392 g/mol. The van der Waals surface area contributed by atoms with Gasteiger partial charge in [-0.1, -0.05) is 17.7 Å². The Labute approximate surface area is 159 Å². The van der Waals surface area contributed by atoms with Crippen molar-refractivity contribution in [1.29, 1.82) is 0 Å². The molecule has 0 aliphatic rings. The van der Waals surface area contributed by atoms with E-state index < -0.39 is 11.6 Å². The van der Waals surface area contributed by atoms with Gasteiger partial charge in [-0.05, 0) is 42.9 Å². The number of halogens is 3. The molecule has 140 valence electrons. The molecule has 0 spiro atoms. The SMILES string of the molecule is CN(CC(=O)Nc1cc(Cl)ccc1-n1cncn1)Cc1ccc(F)c(F)c1. The van der Waals surface area contributed by atoms with Crippen LogP contribution in [0.15, 0.2) is 49.1 Å². The first-order valence-corrected chi connectivity index (χ1v) is 8.37. The number of anilines is 1. The second kappa shape index (κ2) is 8.24. The molecule has 9 heteroatoms. The Morgan fingerprint density at radius 2 is 2.04 bits per heavy atom. The summed E-state index contributed by atoms with van der Waals surface area (Å²) in [6, 6.07) is 8.68. The molecule has 0 saturated heterocycles. The minimum atomic E-state index is -0.915. The molecule has 1 amide bonds. The normalized spacial score (nSPS) is 11.0. The van der Waals surface area contributed by atoms with E-state index >= 15 is 0 Å². The van der Waals surface area contributed by atoms with Crippen LogP contribution in [0, 0.1) is 11.6 Å². The third-order valence-electron chi connectivity index (χ3n) is 3.75. The highest BCUT2D eigenvalue weighted by Gasteiger charge is 2.13. The van der Waals surface area contributed by atoms with Gasteiger partial charge < -0.3 is 5.32 Å². The summed E-state index contributed by atoms with van der Waals surface area (Å²) in [7, 11) is 1.71. The molecule has 0 radical (unpaired) electrons. The van der Waals surface area contributed by atoms with Crippen LogP contribution in [0.4, 0.5) is 14.5 Å². The van der Waals surface area contributed by atoms with E-state index in [4.69, 9.17) is 11.6 Å². The maximum atomic E-state index is 13.3. The Morgan fingerprint density at radius 1 is 1.22 bits per heavy atom. The minimum absolute atomic E-state index is 0.0440. The zero-order valence-electron chi connectivity index (χ0n) is 14.4. The fourth-order valence-corrected chi connectivity index (χ4v) is 2.75. The summed E-state index contributed by atoms with van der Waals surface area (Å²) in [6.45, 7) is 0.332. The number of carbonyl (C=O) groups is 1. The van der Waals surface area contributed by atoms with E-state index in [0.717, 1.165) is 12.1 Å². The predicted molar refractivity (Wildman–Crippen MR) is 97.7 cm³/mol. The summed E-state index contributed by atoms with van der Waals surface area (Å²) in [5.74, 6) is -2.11. The van der Waals surface area contributed by atoms with Crippen molar-refractivity contribution in [1.82, 2.24) is 19.7 Å². The van der Waals surface area contributed by atoms with E-state index in [-0.39, 0.29) is 19.0 Å². The highest BCUT2D eigenvalue weighted by Crippen LogP contribution is 2.24. The van der Waals surface area contributed by atoms with Gasteiger partial charge in [-0.2, -0.15) is 5.10 Å². The molecule has 2 aromatic carbocycles. The van der Waals surface area contributed by atoms with Gasteiger partial charge in [0, 0.05) is 11.6 Å². The quantitative estimate of drug-likeness (QED) is 0.700. The maximum Gasteiger partial charge on any atom is 0.238 e. The van der Waals surface area contributed by atoms with Gasteiger partial charge in [-0.25, -0.2) is 18.4 Å². The van der Waals surface area contributed by atoms with Crippen LogP contribution >= 0.6 is 11.6 Å². The van der Waals surface area contributed by atoms with E-state index in [1.165, 1.54) is 23.4 Å². The summed E-state index contributed by atoms with van der Waals surface area (Å²) in [5.41, 5.74) is 1.67. The average Bonchev–Trinajstić information content (AvgIpc) is 3.12. The first kappa shape index (κ1) is 18.9. The lowest BCUT2D eigenvalue weighted by molar-refractivity contribution is -0.117. The smallest absolute Gasteiger partial charge is 0.238 e. The number of likely N-dealkylation sites (N-methyl/N-ethyl adjacent to an activating group) is 1. The van der Waals surface area contributed by atoms with E-state index in [9.17, 15) is 13.6 Å². The summed E-state index contributed by atoms with van der Waals surface area (Å²) in [4.78, 5) is 18.0. The van der Waals surface area contributed by atoms with E-state index in [1.807, 2.05) is 0 Å². The zero-order valence-corrected chi connectivity index (χ0v) is 15.1. The largest absolute Gasteiger partial charge is 0.323 e. The van der Waals surface area contributed by atoms with Gasteiger partial charge in [0.1, 0.15) is 12.7 Å². The molecule has 3 aromatic rings. The van der Waals surface area contributed by atoms with Gasteiger partial charge in [0.2, 0.25) is 5.91 Å². The Morgan fingerprint density at radius 3 is 2.74 bits per heavy atom. The first-order chi connectivity index (χ1) is 12.9. The van der Waals surface area contributed by atoms with Crippen molar-refractivity contribution in [3.8, 4) is 5.69 Å². The molecule has 0 aliphatic heterocycles. The monoisotopic (exact) mass is 391 g/mol. The molecule has 3 rings (SSSR count). The van der Waals surface area contributed by atoms with Crippen LogP contribution in [0.5, 0.6) is 0 Å². The number of hydrogen-bond acceptors (Lipinski definition) is 4. The predicted octanol–water partition coefficient (Wildman–Crippen LogP) is 3.27. The second-order valence-electron chi connectivity index (χ2n) is 5.97. The molecule has 6 nitrogen and oxygen atoms in total. The zero-order chi connectivity index (χ0) is 19.4. The van der Waals surface area contributed by atoms with Gasteiger partial charge in [-0.15, -0.1) is 0 Å². The van der Waals surface area contributed by atoms with Crippen molar-refractivity contribution in [3.63, 3.8) is 0 Å². The molecule has 1 N–H and O–H groups in total. The van der Waals surface area contributed by atoms with Crippen molar-refractivity contribution in [2.24, 2.45) is 0 Å². The first-order valence-electron chi connectivity index (χ1n) is 7.99. The minimum Gasteiger partial charge on any atom is -0.323 e. The van der Waals surface area contributed by atoms with Crippen molar-refractivity contribution in [2.75, 3.05) is 18.9 Å². The standard InChI is InChI=1S/C18H16ClF2N5O/c1-25(8-12-2-4-14(20)15(21)6-12)9-18(27)24-16-7-13(19)3-5-17(16)26-11-22-10-23-26/h2-7,10-11H,8-9H2,1H3,(H,24,27). The van der Waals surface area contributed by atoms with E-state index in [1.54, 1.807) is 30.1 Å². The van der Waals surface area contributed by atoms with Gasteiger partial charge in [0.05, 0.1) is 17.9 Å². The molecular weight excluding hydrogens is 376 g/mol. The highest BCUT2D eigenvalue weighted by molar-refractivity contribution is 6.31. The third kappa shape index (κ3) is 4.87. The molecule has 0 saturated carbocycles. The van der Waals surface area contributed by atoms with Crippen LogP contribution in [0.25, 0.3) is 5.69 Å². The summed E-state index contributed by atoms with van der Waals surface area (Å²) in [6.07, 6.45) is 2.89. The van der Waals surface area contributed by atoms with Crippen LogP contribution in [-0.2, 0) is 11.3 Å². The van der Waals surface area contributed by atoms with Crippen LogP contribution in [0.2, 0.25) is 5.02 Å². The van der Waals surface area contributed by atoms with Crippen molar-refractivity contribution in [3.05, 3.63) is 71.3 Å². The number of hydrogen-bond donors (Lipinski definition) is 1. The molecule has 0 bridgehead atoms. The van der Waals surface area contributed by atoms with Crippen molar-refractivity contribution < 1.29 is 13.6 Å². The Kier molecular flexibility index (Phi) is 5.78. The highest BCUT2D eigenvalue weighted by atomic mass is 35.5. The number of amides is 1. The Hall–Kier alpha value is -2.84. The van der Waals surface area contributed by atoms with Crippen LogP contribution in [-0.4, -0.2) is 39.2 Å². The fraction of sp³-hybridized carbons (Fsp3) is 0.167. The third-order valence-corrected chi connectivity index (χ3v) is 3.98. The number of nitrogens with one attached hydrogen (secondary N) is 1. The van der Waals surface area contributed by atoms with Gasteiger partial charge in [-0.3, -0.25) is 9.69 Å². The molecule has 0 unspecified atom stereocenters. The summed E-state index contributed by atoms with van der Waals surface area (Å²) < 4.78 is 27.8. The van der Waals surface area contributed by atoms with E-state index in [2.05, 4.69) is 15.4 Å². The molecule has 0 fully saturated rings. The number of aromatic nitrogens is 3. The molecule has 1 heterocycles. The van der Waals surface area contributed by atoms with Gasteiger partial charge in [0.25, 0.3) is 0 Å².